The zero-order valence-electron chi connectivity index (χ0n) is 8.93. The Morgan fingerprint density at radius 1 is 1.54 bits per heavy atom. The fourth-order valence-corrected chi connectivity index (χ4v) is 1.82. The van der Waals surface area contributed by atoms with Crippen LogP contribution in [-0.4, -0.2) is 26.1 Å². The quantitative estimate of drug-likeness (QED) is 0.512. The molecule has 0 bridgehead atoms. The van der Waals surface area contributed by atoms with Gasteiger partial charge in [-0.3, -0.25) is 4.99 Å². The molecule has 1 aliphatic rings. The van der Waals surface area contributed by atoms with Crippen molar-refractivity contribution in [1.29, 1.82) is 0 Å². The molecule has 0 spiro atoms. The Bertz CT molecular complexity index is 173. The molecule has 1 fully saturated rings. The first kappa shape index (κ1) is 10.4. The van der Waals surface area contributed by atoms with Crippen LogP contribution in [0.5, 0.6) is 0 Å². The van der Waals surface area contributed by atoms with Gasteiger partial charge in [-0.15, -0.1) is 0 Å². The lowest BCUT2D eigenvalue weighted by molar-refractivity contribution is 0.241. The number of nitrogens with one attached hydrogen (secondary N) is 2. The summed E-state index contributed by atoms with van der Waals surface area (Å²) in [7, 11) is 3.72. The second-order valence-corrected chi connectivity index (χ2v) is 3.67. The minimum Gasteiger partial charge on any atom is -0.359 e. The van der Waals surface area contributed by atoms with Gasteiger partial charge >= 0.3 is 0 Å². The van der Waals surface area contributed by atoms with Crippen LogP contribution in [-0.2, 0) is 0 Å². The Labute approximate surface area is 81.0 Å². The summed E-state index contributed by atoms with van der Waals surface area (Å²) in [6.07, 6.45) is 5.35. The largest absolute Gasteiger partial charge is 0.359 e. The van der Waals surface area contributed by atoms with Crippen molar-refractivity contribution in [3.05, 3.63) is 0 Å². The molecule has 0 heterocycles. The first-order chi connectivity index (χ1) is 6.31. The first-order valence-corrected chi connectivity index (χ1v) is 5.22. The number of guanidine groups is 1. The maximum absolute atomic E-state index is 4.13. The number of hydrogen-bond donors (Lipinski definition) is 2. The fourth-order valence-electron chi connectivity index (χ4n) is 1.82. The number of nitrogens with zero attached hydrogens (tertiary/aromatic N) is 1. The summed E-state index contributed by atoms with van der Waals surface area (Å²) in [5.41, 5.74) is 0. The van der Waals surface area contributed by atoms with Gasteiger partial charge in [0, 0.05) is 20.1 Å². The van der Waals surface area contributed by atoms with Gasteiger partial charge in [-0.05, 0) is 25.2 Å². The van der Waals surface area contributed by atoms with Crippen molar-refractivity contribution in [2.45, 2.75) is 38.6 Å². The molecule has 0 aromatic heterocycles. The summed E-state index contributed by atoms with van der Waals surface area (Å²) in [5.74, 6) is 1.79. The molecule has 0 aliphatic heterocycles. The van der Waals surface area contributed by atoms with Gasteiger partial charge in [-0.2, -0.15) is 0 Å². The van der Waals surface area contributed by atoms with Crippen molar-refractivity contribution >= 4 is 5.96 Å². The van der Waals surface area contributed by atoms with Crippen LogP contribution >= 0.6 is 0 Å². The van der Waals surface area contributed by atoms with Crippen LogP contribution in [0.15, 0.2) is 4.99 Å². The van der Waals surface area contributed by atoms with Crippen LogP contribution < -0.4 is 10.6 Å². The van der Waals surface area contributed by atoms with Crippen molar-refractivity contribution < 1.29 is 0 Å². The second-order valence-electron chi connectivity index (χ2n) is 3.67. The highest BCUT2D eigenvalue weighted by Gasteiger charge is 2.26. The van der Waals surface area contributed by atoms with Crippen LogP contribution in [0.3, 0.4) is 0 Å². The number of hydrogen-bond acceptors (Lipinski definition) is 1. The molecule has 1 atom stereocenters. The molecular weight excluding hydrogens is 162 g/mol. The van der Waals surface area contributed by atoms with Crippen LogP contribution in [0.25, 0.3) is 0 Å². The smallest absolute Gasteiger partial charge is 0.190 e. The molecule has 3 nitrogen and oxygen atoms in total. The highest BCUT2D eigenvalue weighted by atomic mass is 15.2. The normalized spacial score (nSPS) is 20.7. The highest BCUT2D eigenvalue weighted by molar-refractivity contribution is 5.79. The topological polar surface area (TPSA) is 36.4 Å². The van der Waals surface area contributed by atoms with Gasteiger partial charge in [0.25, 0.3) is 0 Å². The lowest BCUT2D eigenvalue weighted by Gasteiger charge is -2.34. The van der Waals surface area contributed by atoms with Crippen molar-refractivity contribution in [3.63, 3.8) is 0 Å². The molecule has 1 rings (SSSR count). The van der Waals surface area contributed by atoms with E-state index in [1.807, 2.05) is 14.1 Å². The maximum atomic E-state index is 4.13. The molecule has 76 valence electrons. The van der Waals surface area contributed by atoms with Gasteiger partial charge in [0.1, 0.15) is 0 Å². The summed E-state index contributed by atoms with van der Waals surface area (Å²) < 4.78 is 0. The van der Waals surface area contributed by atoms with E-state index in [0.29, 0.717) is 6.04 Å². The Kier molecular flexibility index (Phi) is 4.06. The van der Waals surface area contributed by atoms with E-state index >= 15 is 0 Å². The lowest BCUT2D eigenvalue weighted by Crippen LogP contribution is -2.46. The Morgan fingerprint density at radius 2 is 2.23 bits per heavy atom. The van der Waals surface area contributed by atoms with Crippen LogP contribution in [0.4, 0.5) is 0 Å². The molecule has 2 N–H and O–H groups in total. The Hall–Kier alpha value is -0.730. The molecule has 0 saturated heterocycles. The molecule has 1 saturated carbocycles. The van der Waals surface area contributed by atoms with Gasteiger partial charge in [-0.25, -0.2) is 0 Å². The van der Waals surface area contributed by atoms with Crippen molar-refractivity contribution in [2.75, 3.05) is 14.1 Å². The van der Waals surface area contributed by atoms with E-state index in [1.165, 1.54) is 25.7 Å². The average molecular weight is 183 g/mol. The third kappa shape index (κ3) is 2.61. The standard InChI is InChI=1S/C10H21N3/c1-4-9(8-6-5-7-8)13-10(11-2)12-3/h8-9H,4-7H2,1-3H3,(H2,11,12,13). The fraction of sp³-hybridized carbons (Fsp3) is 0.900. The monoisotopic (exact) mass is 183 g/mol. The summed E-state index contributed by atoms with van der Waals surface area (Å²) in [6, 6.07) is 0.611. The molecule has 3 heteroatoms. The predicted octanol–water partition coefficient (Wildman–Crippen LogP) is 1.36. The maximum Gasteiger partial charge on any atom is 0.190 e. The molecule has 1 unspecified atom stereocenters. The van der Waals surface area contributed by atoms with Gasteiger partial charge in [0.15, 0.2) is 5.96 Å². The van der Waals surface area contributed by atoms with E-state index in [-0.39, 0.29) is 0 Å². The van der Waals surface area contributed by atoms with E-state index in [0.717, 1.165) is 11.9 Å². The van der Waals surface area contributed by atoms with E-state index < -0.39 is 0 Å². The van der Waals surface area contributed by atoms with Gasteiger partial charge in [0.05, 0.1) is 0 Å². The third-order valence-corrected chi connectivity index (χ3v) is 2.94. The van der Waals surface area contributed by atoms with Gasteiger partial charge < -0.3 is 10.6 Å². The Morgan fingerprint density at radius 3 is 2.54 bits per heavy atom. The third-order valence-electron chi connectivity index (χ3n) is 2.94. The Balaban J connectivity index is 2.38. The molecule has 0 aromatic rings. The van der Waals surface area contributed by atoms with Crippen molar-refractivity contribution in [2.24, 2.45) is 10.9 Å². The van der Waals surface area contributed by atoms with Crippen molar-refractivity contribution in [3.8, 4) is 0 Å². The summed E-state index contributed by atoms with van der Waals surface area (Å²) in [6.45, 7) is 2.24. The highest BCUT2D eigenvalue weighted by Crippen LogP contribution is 2.30. The molecule has 13 heavy (non-hydrogen) atoms. The zero-order chi connectivity index (χ0) is 9.68. The minimum atomic E-state index is 0.611. The summed E-state index contributed by atoms with van der Waals surface area (Å²) >= 11 is 0. The summed E-state index contributed by atoms with van der Waals surface area (Å²) in [4.78, 5) is 4.13. The number of aliphatic imine (C=N–C) groups is 1. The zero-order valence-corrected chi connectivity index (χ0v) is 8.93. The number of rotatable bonds is 3. The average Bonchev–Trinajstić information content (AvgIpc) is 2.08. The van der Waals surface area contributed by atoms with Crippen LogP contribution in [0, 0.1) is 5.92 Å². The SMILES string of the molecule is CCC(NC(=NC)NC)C1CCC1. The minimum absolute atomic E-state index is 0.611. The van der Waals surface area contributed by atoms with E-state index in [4.69, 9.17) is 0 Å². The molecule has 0 aromatic carbocycles. The van der Waals surface area contributed by atoms with Gasteiger partial charge in [0.2, 0.25) is 0 Å². The summed E-state index contributed by atoms with van der Waals surface area (Å²) in [5, 5.41) is 6.50. The van der Waals surface area contributed by atoms with E-state index in [2.05, 4.69) is 22.5 Å². The molecule has 0 radical (unpaired) electrons. The first-order valence-electron chi connectivity index (χ1n) is 5.22. The molecular formula is C10H21N3. The lowest BCUT2D eigenvalue weighted by atomic mass is 9.79. The molecule has 0 amide bonds. The second kappa shape index (κ2) is 5.10. The van der Waals surface area contributed by atoms with E-state index in [9.17, 15) is 0 Å². The van der Waals surface area contributed by atoms with Crippen molar-refractivity contribution in [1.82, 2.24) is 10.6 Å². The van der Waals surface area contributed by atoms with Crippen LogP contribution in [0.2, 0.25) is 0 Å². The predicted molar refractivity (Wildman–Crippen MR) is 57.0 cm³/mol. The van der Waals surface area contributed by atoms with E-state index in [1.54, 1.807) is 0 Å². The molecule has 1 aliphatic carbocycles. The van der Waals surface area contributed by atoms with Gasteiger partial charge in [-0.1, -0.05) is 13.3 Å². The van der Waals surface area contributed by atoms with Crippen LogP contribution in [0.1, 0.15) is 32.6 Å².